The average Bonchev–Trinajstić information content (AvgIpc) is 2.41. The maximum absolute atomic E-state index is 8.19. The second kappa shape index (κ2) is 4.07. The van der Waals surface area contributed by atoms with Gasteiger partial charge in [0.05, 0.1) is 11.2 Å². The highest BCUT2D eigenvalue weighted by atomic mass is 15.4. The highest BCUT2D eigenvalue weighted by Gasteiger charge is 2.03. The summed E-state index contributed by atoms with van der Waals surface area (Å²) in [5.41, 5.74) is 3.12. The summed E-state index contributed by atoms with van der Waals surface area (Å²) in [6.45, 7) is 2.03. The van der Waals surface area contributed by atoms with E-state index in [4.69, 9.17) is 5.41 Å². The predicted molar refractivity (Wildman–Crippen MR) is 69.5 cm³/mol. The van der Waals surface area contributed by atoms with Gasteiger partial charge in [-0.3, -0.25) is 5.41 Å². The molecule has 0 spiro atoms. The molecule has 0 aliphatic heterocycles. The van der Waals surface area contributed by atoms with Crippen LogP contribution in [0.2, 0.25) is 0 Å². The number of rotatable bonds is 1. The van der Waals surface area contributed by atoms with Crippen molar-refractivity contribution in [1.82, 2.24) is 15.0 Å². The standard InChI is InChI=1S/C14H12N4/c1-10-6-8-11(9-7-10)18-14(15)12-4-2-3-5-13(12)16-17-18/h2-9,15H,1H3. The normalized spacial score (nSPS) is 10.7. The molecule has 0 saturated carbocycles. The molecule has 3 aromatic rings. The van der Waals surface area contributed by atoms with Crippen LogP contribution in [0.3, 0.4) is 0 Å². The lowest BCUT2D eigenvalue weighted by Crippen LogP contribution is -2.22. The first kappa shape index (κ1) is 10.7. The van der Waals surface area contributed by atoms with Crippen LogP contribution in [0.25, 0.3) is 16.6 Å². The molecule has 0 atom stereocenters. The molecular weight excluding hydrogens is 224 g/mol. The van der Waals surface area contributed by atoms with Gasteiger partial charge in [-0.25, -0.2) is 0 Å². The van der Waals surface area contributed by atoms with Crippen LogP contribution in [0.15, 0.2) is 48.5 Å². The molecule has 0 radical (unpaired) electrons. The summed E-state index contributed by atoms with van der Waals surface area (Å²) >= 11 is 0. The van der Waals surface area contributed by atoms with Gasteiger partial charge < -0.3 is 0 Å². The van der Waals surface area contributed by atoms with E-state index < -0.39 is 0 Å². The van der Waals surface area contributed by atoms with Crippen molar-refractivity contribution in [3.63, 3.8) is 0 Å². The fourth-order valence-electron chi connectivity index (χ4n) is 1.88. The topological polar surface area (TPSA) is 54.6 Å². The van der Waals surface area contributed by atoms with Gasteiger partial charge >= 0.3 is 0 Å². The van der Waals surface area contributed by atoms with Crippen molar-refractivity contribution < 1.29 is 0 Å². The van der Waals surface area contributed by atoms with E-state index in [0.717, 1.165) is 16.6 Å². The second-order valence-corrected chi connectivity index (χ2v) is 4.20. The van der Waals surface area contributed by atoms with Gasteiger partial charge in [0.25, 0.3) is 0 Å². The zero-order valence-corrected chi connectivity index (χ0v) is 9.96. The van der Waals surface area contributed by atoms with Crippen molar-refractivity contribution in [2.75, 3.05) is 0 Å². The van der Waals surface area contributed by atoms with Gasteiger partial charge in [-0.05, 0) is 31.2 Å². The second-order valence-electron chi connectivity index (χ2n) is 4.20. The quantitative estimate of drug-likeness (QED) is 0.704. The Morgan fingerprint density at radius 3 is 2.50 bits per heavy atom. The third kappa shape index (κ3) is 1.68. The summed E-state index contributed by atoms with van der Waals surface area (Å²) in [7, 11) is 0. The Morgan fingerprint density at radius 2 is 1.72 bits per heavy atom. The summed E-state index contributed by atoms with van der Waals surface area (Å²) in [6.07, 6.45) is 0. The maximum Gasteiger partial charge on any atom is 0.157 e. The Kier molecular flexibility index (Phi) is 2.41. The van der Waals surface area contributed by atoms with Gasteiger partial charge in [-0.1, -0.05) is 35.0 Å². The minimum atomic E-state index is 0.351. The molecular formula is C14H12N4. The van der Waals surface area contributed by atoms with Crippen LogP contribution >= 0.6 is 0 Å². The molecule has 0 unspecified atom stereocenters. The van der Waals surface area contributed by atoms with Crippen LogP contribution in [0, 0.1) is 12.3 Å². The summed E-state index contributed by atoms with van der Waals surface area (Å²) < 4.78 is 1.54. The van der Waals surface area contributed by atoms with Gasteiger partial charge in [0.2, 0.25) is 0 Å². The molecule has 88 valence electrons. The van der Waals surface area contributed by atoms with E-state index in [1.807, 2.05) is 55.5 Å². The third-order valence-corrected chi connectivity index (χ3v) is 2.89. The monoisotopic (exact) mass is 236 g/mol. The van der Waals surface area contributed by atoms with Crippen molar-refractivity contribution in [1.29, 1.82) is 5.41 Å². The molecule has 0 amide bonds. The number of hydrogen-bond acceptors (Lipinski definition) is 3. The average molecular weight is 236 g/mol. The van der Waals surface area contributed by atoms with Crippen molar-refractivity contribution in [3.8, 4) is 5.69 Å². The van der Waals surface area contributed by atoms with Crippen LogP contribution in [0.4, 0.5) is 0 Å². The number of nitrogens with one attached hydrogen (secondary N) is 1. The van der Waals surface area contributed by atoms with Crippen molar-refractivity contribution >= 4 is 10.9 Å². The van der Waals surface area contributed by atoms with E-state index in [9.17, 15) is 0 Å². The summed E-state index contributed by atoms with van der Waals surface area (Å²) in [4.78, 5) is 0. The molecule has 2 aromatic carbocycles. The summed E-state index contributed by atoms with van der Waals surface area (Å²) in [5.74, 6) is 0. The van der Waals surface area contributed by atoms with Crippen LogP contribution < -0.4 is 5.49 Å². The molecule has 4 heteroatoms. The number of aromatic nitrogens is 3. The number of nitrogens with zero attached hydrogens (tertiary/aromatic N) is 3. The Balaban J connectivity index is 2.27. The molecule has 0 fully saturated rings. The lowest BCUT2D eigenvalue weighted by atomic mass is 10.2. The highest BCUT2D eigenvalue weighted by Crippen LogP contribution is 2.08. The molecule has 1 heterocycles. The summed E-state index contributed by atoms with van der Waals surface area (Å²) in [6, 6.07) is 15.4. The van der Waals surface area contributed by atoms with Gasteiger partial charge in [-0.2, -0.15) is 4.68 Å². The largest absolute Gasteiger partial charge is 0.282 e. The fourth-order valence-corrected chi connectivity index (χ4v) is 1.88. The fraction of sp³-hybridized carbons (Fsp3) is 0.0714. The maximum atomic E-state index is 8.19. The number of aryl methyl sites for hydroxylation is 1. The molecule has 0 aliphatic rings. The first-order chi connectivity index (χ1) is 8.75. The van der Waals surface area contributed by atoms with E-state index in [1.165, 1.54) is 5.56 Å². The predicted octanol–water partition coefficient (Wildman–Crippen LogP) is 2.21. The highest BCUT2D eigenvalue weighted by molar-refractivity contribution is 5.76. The molecule has 0 bridgehead atoms. The zero-order chi connectivity index (χ0) is 12.5. The molecule has 1 N–H and O–H groups in total. The minimum absolute atomic E-state index is 0.351. The zero-order valence-electron chi connectivity index (χ0n) is 9.96. The molecule has 3 rings (SSSR count). The number of benzene rings is 2. The minimum Gasteiger partial charge on any atom is -0.282 e. The summed E-state index contributed by atoms with van der Waals surface area (Å²) in [5, 5.41) is 17.2. The van der Waals surface area contributed by atoms with Gasteiger partial charge in [0.1, 0.15) is 0 Å². The van der Waals surface area contributed by atoms with Crippen LogP contribution in [-0.2, 0) is 0 Å². The van der Waals surface area contributed by atoms with Crippen LogP contribution in [0.1, 0.15) is 5.56 Å². The van der Waals surface area contributed by atoms with Crippen molar-refractivity contribution in [2.45, 2.75) is 6.92 Å². The van der Waals surface area contributed by atoms with Gasteiger partial charge in [-0.15, -0.1) is 5.10 Å². The lowest BCUT2D eigenvalue weighted by Gasteiger charge is -2.06. The van der Waals surface area contributed by atoms with Gasteiger partial charge in [0.15, 0.2) is 5.49 Å². The molecule has 0 aliphatic carbocycles. The Labute approximate surface area is 104 Å². The van der Waals surface area contributed by atoms with E-state index in [0.29, 0.717) is 5.49 Å². The number of fused-ring (bicyclic) bond motifs is 1. The van der Waals surface area contributed by atoms with Crippen LogP contribution in [0.5, 0.6) is 0 Å². The molecule has 0 saturated heterocycles. The molecule has 1 aromatic heterocycles. The first-order valence-corrected chi connectivity index (χ1v) is 5.72. The smallest absolute Gasteiger partial charge is 0.157 e. The third-order valence-electron chi connectivity index (χ3n) is 2.89. The van der Waals surface area contributed by atoms with Crippen molar-refractivity contribution in [3.05, 3.63) is 59.6 Å². The van der Waals surface area contributed by atoms with E-state index in [-0.39, 0.29) is 0 Å². The Morgan fingerprint density at radius 1 is 1.00 bits per heavy atom. The SMILES string of the molecule is Cc1ccc(-n2nnc3ccccc3c2=N)cc1. The Bertz CT molecular complexity index is 757. The Hall–Kier alpha value is -2.49. The first-order valence-electron chi connectivity index (χ1n) is 5.72. The number of hydrogen-bond donors (Lipinski definition) is 1. The van der Waals surface area contributed by atoms with E-state index in [2.05, 4.69) is 10.3 Å². The molecule has 18 heavy (non-hydrogen) atoms. The van der Waals surface area contributed by atoms with Crippen molar-refractivity contribution in [2.24, 2.45) is 0 Å². The van der Waals surface area contributed by atoms with E-state index in [1.54, 1.807) is 4.68 Å². The van der Waals surface area contributed by atoms with E-state index >= 15 is 0 Å². The van der Waals surface area contributed by atoms with Gasteiger partial charge in [0, 0.05) is 5.39 Å². The lowest BCUT2D eigenvalue weighted by molar-refractivity contribution is 0.716. The van der Waals surface area contributed by atoms with Crippen LogP contribution in [-0.4, -0.2) is 15.0 Å². The molecule has 4 nitrogen and oxygen atoms in total.